The Bertz CT molecular complexity index is 1250. The number of amides is 2. The number of nitrogens with two attached hydrogens (primary N) is 2. The van der Waals surface area contributed by atoms with Crippen LogP contribution in [0.15, 0.2) is 11.8 Å². The van der Waals surface area contributed by atoms with E-state index in [1.54, 1.807) is 19.6 Å². The molecule has 2 aliphatic heterocycles. The van der Waals surface area contributed by atoms with Crippen molar-refractivity contribution in [2.45, 2.75) is 55.3 Å². The Morgan fingerprint density at radius 3 is 1.71 bits per heavy atom. The highest BCUT2D eigenvalue weighted by Crippen LogP contribution is 2.20. The molecule has 2 heterocycles. The maximum Gasteiger partial charge on any atom is 0.317 e. The summed E-state index contributed by atoms with van der Waals surface area (Å²) in [5.41, 5.74) is 9.52. The van der Waals surface area contributed by atoms with Crippen LogP contribution in [-0.2, 0) is 33.4 Å². The number of nitrogens with zero attached hydrogens (tertiary/aromatic N) is 4. The average Bonchev–Trinajstić information content (AvgIpc) is 3.21. The third-order valence-electron chi connectivity index (χ3n) is 9.02. The predicted molar refractivity (Wildman–Crippen MR) is 187 cm³/mol. The van der Waals surface area contributed by atoms with Gasteiger partial charge in [-0.25, -0.2) is 0 Å². The number of hydrogen-bond acceptors (Lipinski definition) is 20. The van der Waals surface area contributed by atoms with E-state index in [1.165, 1.54) is 13.2 Å². The van der Waals surface area contributed by atoms with Gasteiger partial charge >= 0.3 is 11.9 Å². The third kappa shape index (κ3) is 15.8. The number of methoxy groups -OCH3 is 1. The molecule has 1 fully saturated rings. The Hall–Kier alpha value is -3.02. The summed E-state index contributed by atoms with van der Waals surface area (Å²) in [7, 11) is 1.28. The number of aliphatic hydroxyl groups is 7. The van der Waals surface area contributed by atoms with E-state index in [0.717, 1.165) is 6.92 Å². The lowest BCUT2D eigenvalue weighted by Crippen LogP contribution is -2.75. The average molecular weight is 799 g/mol. The molecule has 2 aliphatic rings. The second kappa shape index (κ2) is 22.7. The Morgan fingerprint density at radius 1 is 0.855 bits per heavy atom. The number of aliphatic carboxylic acids is 2. The van der Waals surface area contributed by atoms with Crippen LogP contribution in [0.4, 0.5) is 0 Å². The second-order valence-corrected chi connectivity index (χ2v) is 13.5. The Labute approximate surface area is 317 Å². The van der Waals surface area contributed by atoms with Crippen molar-refractivity contribution in [2.75, 3.05) is 105 Å². The fourth-order valence-corrected chi connectivity index (χ4v) is 5.68. The van der Waals surface area contributed by atoms with Crippen molar-refractivity contribution in [3.63, 3.8) is 0 Å². The molecule has 0 aromatic carbocycles. The maximum absolute atomic E-state index is 13.2. The molecule has 0 spiro atoms. The molecule has 15 N–H and O–H groups in total. The lowest BCUT2D eigenvalue weighted by Gasteiger charge is -2.41. The number of carboxylic acid groups (broad SMARTS) is 2. The summed E-state index contributed by atoms with van der Waals surface area (Å²) < 4.78 is 15.6. The van der Waals surface area contributed by atoms with Crippen molar-refractivity contribution in [1.29, 1.82) is 0 Å². The van der Waals surface area contributed by atoms with Gasteiger partial charge in [0.25, 0.3) is 5.91 Å². The van der Waals surface area contributed by atoms with Gasteiger partial charge in [-0.05, 0) is 13.0 Å². The highest BCUT2D eigenvalue weighted by Gasteiger charge is 2.46. The molecule has 24 heteroatoms. The molecule has 318 valence electrons. The fraction of sp³-hybridized carbons (Fsp3) is 0.806. The van der Waals surface area contributed by atoms with Crippen LogP contribution in [0.1, 0.15) is 6.92 Å². The summed E-state index contributed by atoms with van der Waals surface area (Å²) in [5, 5.41) is 93.7. The van der Waals surface area contributed by atoms with Crippen molar-refractivity contribution in [3.05, 3.63) is 11.8 Å². The van der Waals surface area contributed by atoms with Crippen molar-refractivity contribution < 1.29 is 79.3 Å². The quantitative estimate of drug-likeness (QED) is 0.0573. The first kappa shape index (κ1) is 48.1. The molecule has 55 heavy (non-hydrogen) atoms. The van der Waals surface area contributed by atoms with Crippen LogP contribution in [0.3, 0.4) is 0 Å². The first-order valence-corrected chi connectivity index (χ1v) is 17.4. The smallest absolute Gasteiger partial charge is 0.317 e. The molecule has 0 radical (unpaired) electrons. The van der Waals surface area contributed by atoms with Crippen LogP contribution < -0.4 is 22.1 Å². The molecular weight excluding hydrogens is 740 g/mol. The highest BCUT2D eigenvalue weighted by molar-refractivity contribution is 5.80. The number of hydrogen-bond donors (Lipinski definition) is 13. The van der Waals surface area contributed by atoms with E-state index in [1.807, 2.05) is 0 Å². The minimum Gasteiger partial charge on any atom is -0.480 e. The number of carboxylic acids is 2. The van der Waals surface area contributed by atoms with Gasteiger partial charge in [0.15, 0.2) is 12.0 Å². The molecule has 0 aromatic heterocycles. The molecule has 1 saturated heterocycles. The van der Waals surface area contributed by atoms with Gasteiger partial charge in [0.05, 0.1) is 51.7 Å². The molecule has 8 atom stereocenters. The number of carbonyl (C=O) groups excluding carboxylic acids is 2. The fourth-order valence-electron chi connectivity index (χ4n) is 5.68. The van der Waals surface area contributed by atoms with Crippen LogP contribution in [-0.4, -0.2) is 243 Å². The lowest BCUT2D eigenvalue weighted by molar-refractivity contribution is -0.285. The van der Waals surface area contributed by atoms with E-state index < -0.39 is 105 Å². The molecule has 24 nitrogen and oxygen atoms in total. The lowest BCUT2D eigenvalue weighted by atomic mass is 10.1. The van der Waals surface area contributed by atoms with Crippen LogP contribution in [0.25, 0.3) is 0 Å². The van der Waals surface area contributed by atoms with Crippen LogP contribution in [0.5, 0.6) is 0 Å². The van der Waals surface area contributed by atoms with Crippen LogP contribution >= 0.6 is 0 Å². The topological polar surface area (TPSA) is 367 Å². The number of carbonyl (C=O) groups is 4. The Kier molecular flexibility index (Phi) is 19.8. The number of aliphatic hydroxyl groups excluding tert-OH is 6. The van der Waals surface area contributed by atoms with Crippen molar-refractivity contribution in [1.82, 2.24) is 30.2 Å². The molecule has 2 rings (SSSR count). The van der Waals surface area contributed by atoms with E-state index in [-0.39, 0.29) is 71.1 Å². The van der Waals surface area contributed by atoms with Gasteiger partial charge in [0.1, 0.15) is 30.5 Å². The van der Waals surface area contributed by atoms with E-state index in [4.69, 9.17) is 25.7 Å². The minimum absolute atomic E-state index is 0.0927. The molecule has 2 amide bonds. The highest BCUT2D eigenvalue weighted by atomic mass is 16.7. The first-order valence-electron chi connectivity index (χ1n) is 17.4. The van der Waals surface area contributed by atoms with Crippen molar-refractivity contribution >= 4 is 23.8 Å². The van der Waals surface area contributed by atoms with E-state index in [0.29, 0.717) is 0 Å². The maximum atomic E-state index is 13.2. The molecule has 0 saturated carbocycles. The first-order chi connectivity index (χ1) is 25.7. The number of nitrogens with one attached hydrogen (secondary N) is 2. The monoisotopic (exact) mass is 798 g/mol. The number of rotatable bonds is 18. The normalized spacial score (nSPS) is 26.5. The van der Waals surface area contributed by atoms with Gasteiger partial charge in [0, 0.05) is 59.5 Å². The Balaban J connectivity index is 2.21. The Morgan fingerprint density at radius 2 is 1.31 bits per heavy atom. The summed E-state index contributed by atoms with van der Waals surface area (Å²) in [4.78, 5) is 56.4. The van der Waals surface area contributed by atoms with Gasteiger partial charge in [-0.15, -0.1) is 0 Å². The second-order valence-electron chi connectivity index (χ2n) is 13.5. The largest absolute Gasteiger partial charge is 0.480 e. The number of ether oxygens (including phenoxy) is 3. The molecule has 0 aromatic rings. The van der Waals surface area contributed by atoms with Gasteiger partial charge in [-0.2, -0.15) is 0 Å². The summed E-state index contributed by atoms with van der Waals surface area (Å²) in [6.07, 6.45) is -7.29. The van der Waals surface area contributed by atoms with E-state index in [2.05, 4.69) is 10.6 Å². The molecule has 0 aliphatic carbocycles. The van der Waals surface area contributed by atoms with E-state index in [9.17, 15) is 65.1 Å². The zero-order valence-electron chi connectivity index (χ0n) is 31.0. The summed E-state index contributed by atoms with van der Waals surface area (Å²) >= 11 is 0. The van der Waals surface area contributed by atoms with Crippen LogP contribution in [0.2, 0.25) is 0 Å². The molecule has 0 bridgehead atoms. The zero-order valence-corrected chi connectivity index (χ0v) is 31.0. The standard InChI is InChI=1S/C31H58N8O16/c1-30(32,31(33,52)55-22(17-41)20(43)16-40)35-25(45)13-37-5-9-38(14-26(46)47)7-3-36(4-8-39(10-6-37)15-27(48)49)12-24(44)34-19-11-21(53-2)28(50)23(18-42)54-29(19)51/h11,20-23,28-29,40-43,50-52H,3-10,12-18,32-33H2,1-2H3,(H,34,44)(H,35,45)(H,46,47)(H,48,49)/t20-,21?,22?,23?,28-,29+,30?,31-/m0/s1. The summed E-state index contributed by atoms with van der Waals surface area (Å²) in [5.74, 6) is -6.56. The molecular formula is C31H58N8O16. The van der Waals surface area contributed by atoms with E-state index >= 15 is 0 Å². The predicted octanol–water partition coefficient (Wildman–Crippen LogP) is -8.41. The van der Waals surface area contributed by atoms with Crippen LogP contribution in [0, 0.1) is 0 Å². The van der Waals surface area contributed by atoms with Crippen molar-refractivity contribution in [2.24, 2.45) is 11.5 Å². The minimum atomic E-state index is -2.86. The van der Waals surface area contributed by atoms with Gasteiger partial charge < -0.3 is 76.5 Å². The summed E-state index contributed by atoms with van der Waals surface area (Å²) in [6.45, 7) is -1.84. The van der Waals surface area contributed by atoms with Gasteiger partial charge in [-0.3, -0.25) is 44.5 Å². The summed E-state index contributed by atoms with van der Waals surface area (Å²) in [6, 6.07) is 0. The van der Waals surface area contributed by atoms with Gasteiger partial charge in [0.2, 0.25) is 11.8 Å². The van der Waals surface area contributed by atoms with Gasteiger partial charge in [-0.1, -0.05) is 0 Å². The molecule has 4 unspecified atom stereocenters. The van der Waals surface area contributed by atoms with Crippen molar-refractivity contribution in [3.8, 4) is 0 Å². The third-order valence-corrected chi connectivity index (χ3v) is 9.02. The SMILES string of the molecule is COC1C=C(NC(=O)CN2CCN(CC(=O)O)CCN(CC(=O)NC(C)(N)[C@](N)(O)OC(CO)[C@@H](O)CO)CCN(CC(=O)O)CC2)[C@H](O)OC(CO)[C@H]1O. The zero-order chi connectivity index (χ0) is 41.5.